The maximum absolute atomic E-state index is 12.3. The van der Waals surface area contributed by atoms with Crippen LogP contribution in [0.3, 0.4) is 0 Å². The lowest BCUT2D eigenvalue weighted by Gasteiger charge is -2.11. The molecule has 0 fully saturated rings. The average molecular weight is 309 g/mol. The average Bonchev–Trinajstić information content (AvgIpc) is 2.43. The van der Waals surface area contributed by atoms with Crippen LogP contribution in [0, 0.1) is 6.92 Å². The van der Waals surface area contributed by atoms with Crippen molar-refractivity contribution >= 4 is 40.5 Å². The van der Waals surface area contributed by atoms with Gasteiger partial charge in [0.15, 0.2) is 0 Å². The number of benzene rings is 2. The summed E-state index contributed by atoms with van der Waals surface area (Å²) in [5, 5.41) is 6.55. The van der Waals surface area contributed by atoms with E-state index in [-0.39, 0.29) is 5.91 Å². The minimum absolute atomic E-state index is 0.214. The first-order valence-corrected chi connectivity index (χ1v) is 6.82. The Morgan fingerprint density at radius 2 is 1.90 bits per heavy atom. The van der Waals surface area contributed by atoms with Gasteiger partial charge >= 0.3 is 0 Å². The van der Waals surface area contributed by atoms with E-state index in [1.165, 1.54) is 0 Å². The highest BCUT2D eigenvalue weighted by atomic mass is 35.5. The molecule has 0 radical (unpaired) electrons. The zero-order chi connectivity index (χ0) is 14.7. The van der Waals surface area contributed by atoms with E-state index in [0.717, 1.165) is 11.3 Å². The Morgan fingerprint density at radius 1 is 1.15 bits per heavy atom. The number of carbonyl (C=O) groups is 1. The third kappa shape index (κ3) is 3.06. The molecule has 0 saturated heterocycles. The van der Waals surface area contributed by atoms with Crippen molar-refractivity contribution < 1.29 is 4.79 Å². The zero-order valence-corrected chi connectivity index (χ0v) is 12.6. The summed E-state index contributed by atoms with van der Waals surface area (Å²) in [5.41, 5.74) is 2.94. The molecule has 0 bridgehead atoms. The van der Waals surface area contributed by atoms with Crippen LogP contribution >= 0.6 is 23.2 Å². The molecule has 0 saturated carbocycles. The molecule has 0 aromatic heterocycles. The fraction of sp³-hybridized carbons (Fsp3) is 0.133. The molecular weight excluding hydrogens is 295 g/mol. The molecule has 104 valence electrons. The molecular formula is C15H14Cl2N2O. The van der Waals surface area contributed by atoms with Crippen molar-refractivity contribution in [2.24, 2.45) is 0 Å². The van der Waals surface area contributed by atoms with Crippen molar-refractivity contribution in [1.29, 1.82) is 0 Å². The van der Waals surface area contributed by atoms with E-state index >= 15 is 0 Å². The van der Waals surface area contributed by atoms with Crippen molar-refractivity contribution in [1.82, 2.24) is 0 Å². The summed E-state index contributed by atoms with van der Waals surface area (Å²) in [6.45, 7) is 1.88. The Balaban J connectivity index is 2.26. The first-order chi connectivity index (χ1) is 9.52. The quantitative estimate of drug-likeness (QED) is 0.870. The van der Waals surface area contributed by atoms with Crippen LogP contribution in [0.1, 0.15) is 15.9 Å². The second-order valence-corrected chi connectivity index (χ2v) is 5.12. The zero-order valence-electron chi connectivity index (χ0n) is 11.1. The van der Waals surface area contributed by atoms with E-state index in [9.17, 15) is 4.79 Å². The molecule has 0 atom stereocenters. The topological polar surface area (TPSA) is 41.1 Å². The lowest BCUT2D eigenvalue weighted by molar-refractivity contribution is 0.102. The number of rotatable bonds is 3. The van der Waals surface area contributed by atoms with Crippen LogP contribution < -0.4 is 10.6 Å². The van der Waals surface area contributed by atoms with Gasteiger partial charge in [-0.2, -0.15) is 0 Å². The van der Waals surface area contributed by atoms with Crippen molar-refractivity contribution in [2.75, 3.05) is 17.7 Å². The Bertz CT molecular complexity index is 656. The molecule has 2 N–H and O–H groups in total. The van der Waals surface area contributed by atoms with Crippen molar-refractivity contribution in [3.8, 4) is 0 Å². The number of amides is 1. The number of nitrogens with one attached hydrogen (secondary N) is 2. The van der Waals surface area contributed by atoms with Crippen LogP contribution in [0.5, 0.6) is 0 Å². The number of halogens is 2. The molecule has 1 amide bonds. The second kappa shape index (κ2) is 6.16. The summed E-state index contributed by atoms with van der Waals surface area (Å²) in [6, 6.07) is 10.7. The minimum Gasteiger partial charge on any atom is -0.388 e. The number of hydrogen-bond donors (Lipinski definition) is 2. The molecule has 0 spiro atoms. The van der Waals surface area contributed by atoms with E-state index in [4.69, 9.17) is 23.2 Å². The monoisotopic (exact) mass is 308 g/mol. The third-order valence-corrected chi connectivity index (χ3v) is 3.78. The van der Waals surface area contributed by atoms with Crippen LogP contribution in [-0.2, 0) is 0 Å². The fourth-order valence-corrected chi connectivity index (χ4v) is 2.21. The highest BCUT2D eigenvalue weighted by Crippen LogP contribution is 2.30. The predicted octanol–water partition coefficient (Wildman–Crippen LogP) is 4.60. The molecule has 20 heavy (non-hydrogen) atoms. The maximum atomic E-state index is 12.3. The van der Waals surface area contributed by atoms with Crippen LogP contribution in [-0.4, -0.2) is 13.0 Å². The van der Waals surface area contributed by atoms with Gasteiger partial charge in [-0.1, -0.05) is 29.3 Å². The van der Waals surface area contributed by atoms with Gasteiger partial charge in [0.1, 0.15) is 0 Å². The number of aryl methyl sites for hydroxylation is 1. The highest BCUT2D eigenvalue weighted by molar-refractivity contribution is 6.44. The van der Waals surface area contributed by atoms with E-state index in [0.29, 0.717) is 21.3 Å². The molecule has 2 aromatic carbocycles. The molecule has 3 nitrogen and oxygen atoms in total. The van der Waals surface area contributed by atoms with E-state index in [1.807, 2.05) is 26.1 Å². The smallest absolute Gasteiger partial charge is 0.255 e. The molecule has 0 heterocycles. The standard InChI is InChI=1S/C15H14Cl2N2O/c1-9-8-10(18-2)6-7-11(9)15(20)19-13-5-3-4-12(16)14(13)17/h3-8,18H,1-2H3,(H,19,20). The Kier molecular flexibility index (Phi) is 4.53. The van der Waals surface area contributed by atoms with Crippen LogP contribution in [0.4, 0.5) is 11.4 Å². The normalized spacial score (nSPS) is 10.2. The Morgan fingerprint density at radius 3 is 2.55 bits per heavy atom. The van der Waals surface area contributed by atoms with Gasteiger partial charge in [0.2, 0.25) is 0 Å². The van der Waals surface area contributed by atoms with Gasteiger partial charge in [0.25, 0.3) is 5.91 Å². The SMILES string of the molecule is CNc1ccc(C(=O)Nc2cccc(Cl)c2Cl)c(C)c1. The van der Waals surface area contributed by atoms with Crippen molar-refractivity contribution in [3.05, 3.63) is 57.6 Å². The van der Waals surface area contributed by atoms with E-state index in [2.05, 4.69) is 10.6 Å². The third-order valence-electron chi connectivity index (χ3n) is 2.96. The molecule has 5 heteroatoms. The number of hydrogen-bond acceptors (Lipinski definition) is 2. The first-order valence-electron chi connectivity index (χ1n) is 6.06. The maximum Gasteiger partial charge on any atom is 0.255 e. The van der Waals surface area contributed by atoms with Crippen LogP contribution in [0.15, 0.2) is 36.4 Å². The second-order valence-electron chi connectivity index (χ2n) is 4.34. The molecule has 0 aliphatic heterocycles. The summed E-state index contributed by atoms with van der Waals surface area (Å²) in [7, 11) is 1.83. The van der Waals surface area contributed by atoms with Crippen molar-refractivity contribution in [3.63, 3.8) is 0 Å². The van der Waals surface area contributed by atoms with Crippen molar-refractivity contribution in [2.45, 2.75) is 6.92 Å². The Labute approximate surface area is 127 Å². The van der Waals surface area contributed by atoms with Gasteiger partial charge in [0.05, 0.1) is 15.7 Å². The summed E-state index contributed by atoms with van der Waals surface area (Å²) >= 11 is 12.0. The summed E-state index contributed by atoms with van der Waals surface area (Å²) in [6.07, 6.45) is 0. The molecule has 0 unspecified atom stereocenters. The lowest BCUT2D eigenvalue weighted by atomic mass is 10.1. The van der Waals surface area contributed by atoms with Crippen LogP contribution in [0.2, 0.25) is 10.0 Å². The van der Waals surface area contributed by atoms with Gasteiger partial charge < -0.3 is 10.6 Å². The molecule has 0 aliphatic rings. The largest absolute Gasteiger partial charge is 0.388 e. The Hall–Kier alpha value is -1.71. The fourth-order valence-electron chi connectivity index (χ4n) is 1.86. The van der Waals surface area contributed by atoms with Gasteiger partial charge in [0, 0.05) is 18.3 Å². The number of carbonyl (C=O) groups excluding carboxylic acids is 1. The van der Waals surface area contributed by atoms with Gasteiger partial charge in [-0.15, -0.1) is 0 Å². The summed E-state index contributed by atoms with van der Waals surface area (Å²) in [4.78, 5) is 12.3. The molecule has 0 aliphatic carbocycles. The van der Waals surface area contributed by atoms with Gasteiger partial charge in [-0.3, -0.25) is 4.79 Å². The van der Waals surface area contributed by atoms with Gasteiger partial charge in [-0.05, 0) is 42.8 Å². The minimum atomic E-state index is -0.214. The van der Waals surface area contributed by atoms with Gasteiger partial charge in [-0.25, -0.2) is 0 Å². The summed E-state index contributed by atoms with van der Waals surface area (Å²) in [5.74, 6) is -0.214. The van der Waals surface area contributed by atoms with E-state index < -0.39 is 0 Å². The molecule has 2 rings (SSSR count). The lowest BCUT2D eigenvalue weighted by Crippen LogP contribution is -2.13. The first kappa shape index (κ1) is 14.7. The number of anilines is 2. The van der Waals surface area contributed by atoms with E-state index in [1.54, 1.807) is 24.3 Å². The van der Waals surface area contributed by atoms with Crippen LogP contribution in [0.25, 0.3) is 0 Å². The predicted molar refractivity (Wildman–Crippen MR) is 85.1 cm³/mol. The summed E-state index contributed by atoms with van der Waals surface area (Å²) < 4.78 is 0. The molecule has 2 aromatic rings. The highest BCUT2D eigenvalue weighted by Gasteiger charge is 2.12.